The smallest absolute Gasteiger partial charge is 0.254 e. The number of hydrogen-bond donors (Lipinski definition) is 4. The van der Waals surface area contributed by atoms with E-state index in [1.807, 2.05) is 30.3 Å². The molecule has 24 heavy (non-hydrogen) atoms. The largest absolute Gasteiger partial charge is 0.365 e. The lowest BCUT2D eigenvalue weighted by Gasteiger charge is -2.29. The number of benzene rings is 1. The molecule has 1 saturated carbocycles. The van der Waals surface area contributed by atoms with Crippen LogP contribution in [0.3, 0.4) is 0 Å². The van der Waals surface area contributed by atoms with Crippen molar-refractivity contribution in [3.63, 3.8) is 0 Å². The van der Waals surface area contributed by atoms with Crippen molar-refractivity contribution in [2.24, 2.45) is 11.5 Å². The molecule has 1 aromatic carbocycles. The minimum Gasteiger partial charge on any atom is -0.365 e. The van der Waals surface area contributed by atoms with E-state index in [9.17, 15) is 4.79 Å². The first kappa shape index (κ1) is 16.2. The first-order valence-electron chi connectivity index (χ1n) is 8.14. The van der Waals surface area contributed by atoms with Crippen LogP contribution >= 0.6 is 0 Å². The lowest BCUT2D eigenvalue weighted by molar-refractivity contribution is 0.100. The molecule has 7 heteroatoms. The van der Waals surface area contributed by atoms with Gasteiger partial charge in [-0.15, -0.1) is 0 Å². The van der Waals surface area contributed by atoms with Crippen molar-refractivity contribution in [1.82, 2.24) is 9.97 Å². The zero-order valence-corrected chi connectivity index (χ0v) is 13.4. The Bertz CT molecular complexity index is 705. The summed E-state index contributed by atoms with van der Waals surface area (Å²) in [5, 5.41) is 6.40. The topological polar surface area (TPSA) is 119 Å². The predicted molar refractivity (Wildman–Crippen MR) is 94.1 cm³/mol. The second-order valence-corrected chi connectivity index (χ2v) is 6.01. The third kappa shape index (κ3) is 3.80. The molecule has 2 aromatic rings. The standard InChI is InChI=1S/C17H22N6O/c18-13-8-4-5-9-14(13)22-17-20-10-12(15(19)24)16(23-17)21-11-6-2-1-3-7-11/h1-3,6-7,10,13-14H,4-5,8-9,18H2,(H2,19,24)(H2,20,21,22,23)/t13-,14+/m0/s1. The molecule has 126 valence electrons. The maximum atomic E-state index is 11.6. The third-order valence-corrected chi connectivity index (χ3v) is 4.22. The van der Waals surface area contributed by atoms with Crippen LogP contribution in [0.2, 0.25) is 0 Å². The summed E-state index contributed by atoms with van der Waals surface area (Å²) in [5.74, 6) is 0.255. The molecule has 1 aliphatic rings. The molecule has 1 amide bonds. The van der Waals surface area contributed by atoms with Crippen LogP contribution in [0.15, 0.2) is 36.5 Å². The Labute approximate surface area is 140 Å². The van der Waals surface area contributed by atoms with Crippen molar-refractivity contribution in [1.29, 1.82) is 0 Å². The van der Waals surface area contributed by atoms with Gasteiger partial charge in [-0.25, -0.2) is 4.98 Å². The van der Waals surface area contributed by atoms with E-state index >= 15 is 0 Å². The average molecular weight is 326 g/mol. The number of nitrogens with one attached hydrogen (secondary N) is 2. The van der Waals surface area contributed by atoms with Crippen LogP contribution in [0, 0.1) is 0 Å². The van der Waals surface area contributed by atoms with E-state index in [0.29, 0.717) is 11.8 Å². The van der Waals surface area contributed by atoms with Gasteiger partial charge in [-0.05, 0) is 25.0 Å². The Morgan fingerprint density at radius 2 is 1.92 bits per heavy atom. The van der Waals surface area contributed by atoms with E-state index in [1.165, 1.54) is 6.20 Å². The Morgan fingerprint density at radius 3 is 2.62 bits per heavy atom. The minimum absolute atomic E-state index is 0.0868. The van der Waals surface area contributed by atoms with Gasteiger partial charge in [0.15, 0.2) is 0 Å². The van der Waals surface area contributed by atoms with E-state index in [2.05, 4.69) is 20.6 Å². The third-order valence-electron chi connectivity index (χ3n) is 4.22. The quantitative estimate of drug-likeness (QED) is 0.667. The monoisotopic (exact) mass is 326 g/mol. The highest BCUT2D eigenvalue weighted by Crippen LogP contribution is 2.22. The van der Waals surface area contributed by atoms with Gasteiger partial charge in [-0.1, -0.05) is 31.0 Å². The van der Waals surface area contributed by atoms with Crippen LogP contribution in [-0.2, 0) is 0 Å². The number of amides is 1. The summed E-state index contributed by atoms with van der Waals surface area (Å²) in [6.07, 6.45) is 5.72. The van der Waals surface area contributed by atoms with Gasteiger partial charge in [0.1, 0.15) is 11.4 Å². The van der Waals surface area contributed by atoms with Gasteiger partial charge in [0.05, 0.1) is 0 Å². The molecule has 0 saturated heterocycles. The summed E-state index contributed by atoms with van der Waals surface area (Å²) < 4.78 is 0. The number of carbonyl (C=O) groups excluding carboxylic acids is 1. The zero-order valence-electron chi connectivity index (χ0n) is 13.4. The van der Waals surface area contributed by atoms with Crippen molar-refractivity contribution < 1.29 is 4.79 Å². The van der Waals surface area contributed by atoms with Gasteiger partial charge in [-0.3, -0.25) is 4.79 Å². The number of aromatic nitrogens is 2. The first-order valence-corrected chi connectivity index (χ1v) is 8.14. The number of hydrogen-bond acceptors (Lipinski definition) is 6. The second kappa shape index (κ2) is 7.27. The number of primary amides is 1. The normalized spacial score (nSPS) is 20.4. The van der Waals surface area contributed by atoms with Crippen LogP contribution in [0.25, 0.3) is 0 Å². The molecule has 6 N–H and O–H groups in total. The van der Waals surface area contributed by atoms with Gasteiger partial charge >= 0.3 is 0 Å². The fourth-order valence-electron chi connectivity index (χ4n) is 2.89. The van der Waals surface area contributed by atoms with E-state index in [4.69, 9.17) is 11.5 Å². The Balaban J connectivity index is 1.83. The van der Waals surface area contributed by atoms with Crippen LogP contribution in [-0.4, -0.2) is 28.0 Å². The summed E-state index contributed by atoms with van der Waals surface area (Å²) in [7, 11) is 0. The number of anilines is 3. The van der Waals surface area contributed by atoms with Crippen molar-refractivity contribution in [3.8, 4) is 0 Å². The summed E-state index contributed by atoms with van der Waals surface area (Å²) in [6, 6.07) is 9.71. The Hall–Kier alpha value is -2.67. The molecule has 3 rings (SSSR count). The molecule has 1 aliphatic carbocycles. The number of rotatable bonds is 5. The number of para-hydroxylation sites is 1. The average Bonchev–Trinajstić information content (AvgIpc) is 2.58. The fourth-order valence-corrected chi connectivity index (χ4v) is 2.89. The lowest BCUT2D eigenvalue weighted by atomic mass is 9.91. The van der Waals surface area contributed by atoms with Crippen LogP contribution in [0.1, 0.15) is 36.0 Å². The molecule has 1 heterocycles. The Morgan fingerprint density at radius 1 is 1.17 bits per heavy atom. The Kier molecular flexibility index (Phi) is 4.90. The number of nitrogens with two attached hydrogens (primary N) is 2. The molecular formula is C17H22N6O. The molecule has 0 radical (unpaired) electrons. The van der Waals surface area contributed by atoms with Gasteiger partial charge in [0, 0.05) is 24.0 Å². The molecule has 0 spiro atoms. The number of carbonyl (C=O) groups is 1. The van der Waals surface area contributed by atoms with E-state index in [-0.39, 0.29) is 17.6 Å². The van der Waals surface area contributed by atoms with Gasteiger partial charge < -0.3 is 22.1 Å². The van der Waals surface area contributed by atoms with E-state index in [0.717, 1.165) is 31.4 Å². The van der Waals surface area contributed by atoms with E-state index in [1.54, 1.807) is 0 Å². The van der Waals surface area contributed by atoms with E-state index < -0.39 is 5.91 Å². The summed E-state index contributed by atoms with van der Waals surface area (Å²) >= 11 is 0. The first-order chi connectivity index (χ1) is 11.6. The molecule has 0 bridgehead atoms. The van der Waals surface area contributed by atoms with Gasteiger partial charge in [-0.2, -0.15) is 4.98 Å². The molecule has 0 aliphatic heterocycles. The molecular weight excluding hydrogens is 304 g/mol. The molecule has 1 aromatic heterocycles. The molecule has 7 nitrogen and oxygen atoms in total. The fraction of sp³-hybridized carbons (Fsp3) is 0.353. The van der Waals surface area contributed by atoms with Crippen molar-refractivity contribution in [2.45, 2.75) is 37.8 Å². The highest BCUT2D eigenvalue weighted by molar-refractivity contribution is 5.98. The molecule has 1 fully saturated rings. The number of nitrogens with zero attached hydrogens (tertiary/aromatic N) is 2. The van der Waals surface area contributed by atoms with Crippen molar-refractivity contribution in [3.05, 3.63) is 42.1 Å². The zero-order chi connectivity index (χ0) is 16.9. The predicted octanol–water partition coefficient (Wildman–Crippen LogP) is 2.00. The summed E-state index contributed by atoms with van der Waals surface area (Å²) in [6.45, 7) is 0. The SMILES string of the molecule is NC(=O)c1cnc(N[C@@H]2CCCC[C@@H]2N)nc1Nc1ccccc1. The van der Waals surface area contributed by atoms with Crippen LogP contribution in [0.5, 0.6) is 0 Å². The molecule has 2 atom stereocenters. The van der Waals surface area contributed by atoms with Gasteiger partial charge in [0.25, 0.3) is 5.91 Å². The van der Waals surface area contributed by atoms with Crippen molar-refractivity contribution in [2.75, 3.05) is 10.6 Å². The maximum Gasteiger partial charge on any atom is 0.254 e. The van der Waals surface area contributed by atoms with Crippen molar-refractivity contribution >= 4 is 23.4 Å². The minimum atomic E-state index is -0.575. The molecule has 0 unspecified atom stereocenters. The second-order valence-electron chi connectivity index (χ2n) is 6.01. The van der Waals surface area contributed by atoms with Gasteiger partial charge in [0.2, 0.25) is 5.95 Å². The summed E-state index contributed by atoms with van der Waals surface area (Å²) in [4.78, 5) is 20.3. The summed E-state index contributed by atoms with van der Waals surface area (Å²) in [5.41, 5.74) is 12.7. The van der Waals surface area contributed by atoms with Crippen LogP contribution < -0.4 is 22.1 Å². The van der Waals surface area contributed by atoms with Crippen LogP contribution in [0.4, 0.5) is 17.5 Å². The highest BCUT2D eigenvalue weighted by Gasteiger charge is 2.23. The highest BCUT2D eigenvalue weighted by atomic mass is 16.1. The lowest BCUT2D eigenvalue weighted by Crippen LogP contribution is -2.43. The maximum absolute atomic E-state index is 11.6.